The summed E-state index contributed by atoms with van der Waals surface area (Å²) in [5.74, 6) is -0.489. The van der Waals surface area contributed by atoms with Gasteiger partial charge in [-0.25, -0.2) is 13.4 Å². The van der Waals surface area contributed by atoms with Gasteiger partial charge in [-0.3, -0.25) is 14.2 Å². The Balaban J connectivity index is 1.63. The van der Waals surface area contributed by atoms with Crippen molar-refractivity contribution in [2.75, 3.05) is 5.75 Å². The van der Waals surface area contributed by atoms with Crippen LogP contribution in [0.15, 0.2) is 64.4 Å². The van der Waals surface area contributed by atoms with Gasteiger partial charge in [0.1, 0.15) is 11.4 Å². The first-order valence-corrected chi connectivity index (χ1v) is 11.2. The van der Waals surface area contributed by atoms with E-state index in [4.69, 9.17) is 0 Å². The number of benzene rings is 1. The lowest BCUT2D eigenvalue weighted by atomic mass is 10.1. The Morgan fingerprint density at radius 1 is 1.25 bits per heavy atom. The van der Waals surface area contributed by atoms with Crippen LogP contribution in [0.4, 0.5) is 0 Å². The molecule has 0 unspecified atom stereocenters. The zero-order valence-corrected chi connectivity index (χ0v) is 16.4. The van der Waals surface area contributed by atoms with Crippen LogP contribution in [0.3, 0.4) is 0 Å². The molecule has 28 heavy (non-hydrogen) atoms. The average molecular weight is 415 g/mol. The predicted molar refractivity (Wildman–Crippen MR) is 108 cm³/mol. The third kappa shape index (κ3) is 3.76. The summed E-state index contributed by atoms with van der Waals surface area (Å²) in [5.41, 5.74) is 0.598. The Labute approximate surface area is 165 Å². The van der Waals surface area contributed by atoms with E-state index in [0.717, 1.165) is 11.0 Å². The third-order valence-corrected chi connectivity index (χ3v) is 6.78. The summed E-state index contributed by atoms with van der Waals surface area (Å²) in [6.07, 6.45) is 2.89. The van der Waals surface area contributed by atoms with Gasteiger partial charge in [-0.2, -0.15) is 0 Å². The average Bonchev–Trinajstić information content (AvgIpc) is 3.29. The quantitative estimate of drug-likeness (QED) is 0.634. The number of hydrogen-bond donors (Lipinski definition) is 0. The monoisotopic (exact) mass is 415 g/mol. The molecule has 3 aromatic rings. The van der Waals surface area contributed by atoms with Gasteiger partial charge >= 0.3 is 0 Å². The van der Waals surface area contributed by atoms with Crippen LogP contribution >= 0.6 is 11.3 Å². The van der Waals surface area contributed by atoms with E-state index < -0.39 is 15.9 Å². The van der Waals surface area contributed by atoms with Crippen LogP contribution in [0.5, 0.6) is 0 Å². The molecule has 1 atom stereocenters. The highest BCUT2D eigenvalue weighted by molar-refractivity contribution is 7.94. The van der Waals surface area contributed by atoms with E-state index in [-0.39, 0.29) is 30.3 Å². The molecule has 0 fully saturated rings. The third-order valence-electron chi connectivity index (χ3n) is 4.58. The number of fused-ring (bicyclic) bond motifs is 1. The number of hydrogen-bond acceptors (Lipinski definition) is 6. The molecule has 0 aliphatic carbocycles. The van der Waals surface area contributed by atoms with Crippen molar-refractivity contribution in [3.8, 4) is 0 Å². The van der Waals surface area contributed by atoms with E-state index in [1.165, 1.54) is 33.2 Å². The van der Waals surface area contributed by atoms with Gasteiger partial charge in [0, 0.05) is 12.0 Å². The second-order valence-corrected chi connectivity index (χ2v) is 9.38. The second-order valence-electron chi connectivity index (χ2n) is 6.55. The molecule has 1 amide bonds. The molecule has 0 N–H and O–H groups in total. The van der Waals surface area contributed by atoms with Crippen molar-refractivity contribution in [1.29, 1.82) is 0 Å². The van der Waals surface area contributed by atoms with E-state index >= 15 is 0 Å². The highest BCUT2D eigenvalue weighted by Crippen LogP contribution is 2.19. The molecule has 4 rings (SSSR count). The summed E-state index contributed by atoms with van der Waals surface area (Å²) in [4.78, 5) is 32.0. The lowest BCUT2D eigenvalue weighted by Gasteiger charge is -2.28. The smallest absolute Gasteiger partial charge is 0.262 e. The molecule has 3 heterocycles. The first kappa shape index (κ1) is 18.6. The molecule has 0 radical (unpaired) electrons. The Bertz CT molecular complexity index is 1210. The van der Waals surface area contributed by atoms with E-state index in [2.05, 4.69) is 4.98 Å². The van der Waals surface area contributed by atoms with Crippen molar-refractivity contribution in [3.05, 3.63) is 75.5 Å². The van der Waals surface area contributed by atoms with Crippen molar-refractivity contribution in [1.82, 2.24) is 14.5 Å². The van der Waals surface area contributed by atoms with Crippen LogP contribution in [0, 0.1) is 0 Å². The normalized spacial score (nSPS) is 17.8. The lowest BCUT2D eigenvalue weighted by Crippen LogP contribution is -2.43. The van der Waals surface area contributed by atoms with Crippen molar-refractivity contribution >= 4 is 37.3 Å². The first-order chi connectivity index (χ1) is 13.4. The minimum Gasteiger partial charge on any atom is -0.329 e. The Morgan fingerprint density at radius 2 is 2.04 bits per heavy atom. The molecule has 9 heteroatoms. The van der Waals surface area contributed by atoms with Crippen molar-refractivity contribution in [2.24, 2.45) is 0 Å². The molecule has 0 bridgehead atoms. The Hall–Kier alpha value is -2.78. The van der Waals surface area contributed by atoms with Gasteiger partial charge in [-0.1, -0.05) is 30.3 Å². The van der Waals surface area contributed by atoms with E-state index in [1.54, 1.807) is 11.4 Å². The predicted octanol–water partition coefficient (Wildman–Crippen LogP) is 1.80. The van der Waals surface area contributed by atoms with Gasteiger partial charge in [0.15, 0.2) is 9.84 Å². The van der Waals surface area contributed by atoms with Crippen LogP contribution in [0.1, 0.15) is 5.56 Å². The summed E-state index contributed by atoms with van der Waals surface area (Å²) in [7, 11) is -3.32. The largest absolute Gasteiger partial charge is 0.329 e. The molecule has 2 aromatic heterocycles. The molecule has 144 valence electrons. The molecule has 0 saturated carbocycles. The summed E-state index contributed by atoms with van der Waals surface area (Å²) >= 11 is 1.36. The Morgan fingerprint density at radius 3 is 2.75 bits per heavy atom. The molecular formula is C19H17N3O4S2. The topological polar surface area (TPSA) is 89.3 Å². The molecular weight excluding hydrogens is 398 g/mol. The van der Waals surface area contributed by atoms with Crippen LogP contribution in [0.25, 0.3) is 10.2 Å². The van der Waals surface area contributed by atoms with Gasteiger partial charge in [0.05, 0.1) is 23.5 Å². The van der Waals surface area contributed by atoms with Crippen LogP contribution in [0.2, 0.25) is 0 Å². The maximum absolute atomic E-state index is 13.1. The lowest BCUT2D eigenvalue weighted by molar-refractivity contribution is -0.133. The van der Waals surface area contributed by atoms with E-state index in [9.17, 15) is 18.0 Å². The highest BCUT2D eigenvalue weighted by Gasteiger charge is 2.30. The van der Waals surface area contributed by atoms with Crippen LogP contribution < -0.4 is 5.56 Å². The molecule has 0 saturated heterocycles. The fraction of sp³-hybridized carbons (Fsp3) is 0.211. The number of nitrogens with zero attached hydrogens (tertiary/aromatic N) is 3. The number of carbonyl (C=O) groups is 1. The minimum atomic E-state index is -3.32. The maximum atomic E-state index is 13.1. The maximum Gasteiger partial charge on any atom is 0.262 e. The standard InChI is InChI=1S/C19H17N3O4S2/c23-17(11-21-13-20-18-16(19(21)24)6-8-27-18)22(10-14-4-2-1-3-5-14)15-7-9-28(25,26)12-15/h1-9,13,15H,10-12H2/t15-/m0/s1. The number of amides is 1. The second kappa shape index (κ2) is 7.33. The number of rotatable bonds is 5. The molecule has 0 spiro atoms. The van der Waals surface area contributed by atoms with Crippen molar-refractivity contribution < 1.29 is 13.2 Å². The van der Waals surface area contributed by atoms with Crippen LogP contribution in [-0.2, 0) is 27.7 Å². The number of carbonyl (C=O) groups excluding carboxylic acids is 1. The zero-order valence-electron chi connectivity index (χ0n) is 14.8. The Kier molecular flexibility index (Phi) is 4.86. The molecule has 1 aliphatic heterocycles. The van der Waals surface area contributed by atoms with Gasteiger partial charge < -0.3 is 4.90 Å². The van der Waals surface area contributed by atoms with Gasteiger partial charge in [0.25, 0.3) is 5.56 Å². The minimum absolute atomic E-state index is 0.151. The summed E-state index contributed by atoms with van der Waals surface area (Å²) in [5, 5.41) is 3.40. The van der Waals surface area contributed by atoms with Crippen molar-refractivity contribution in [3.63, 3.8) is 0 Å². The number of sulfone groups is 1. The summed E-state index contributed by atoms with van der Waals surface area (Å²) < 4.78 is 25.0. The number of thiophene rings is 1. The SMILES string of the molecule is O=C(Cn1cnc2sccc2c1=O)N(Cc1ccccc1)[C@H]1C=CS(=O)(=O)C1. The van der Waals surface area contributed by atoms with Crippen LogP contribution in [-0.4, -0.2) is 40.6 Å². The number of aromatic nitrogens is 2. The molecule has 1 aromatic carbocycles. The van der Waals surface area contributed by atoms with Gasteiger partial charge in [0.2, 0.25) is 5.91 Å². The highest BCUT2D eigenvalue weighted by atomic mass is 32.2. The zero-order chi connectivity index (χ0) is 19.7. The molecule has 1 aliphatic rings. The molecule has 7 nitrogen and oxygen atoms in total. The van der Waals surface area contributed by atoms with E-state index in [1.807, 2.05) is 30.3 Å². The fourth-order valence-electron chi connectivity index (χ4n) is 3.17. The fourth-order valence-corrected chi connectivity index (χ4v) is 5.19. The summed E-state index contributed by atoms with van der Waals surface area (Å²) in [6, 6.07) is 10.5. The summed E-state index contributed by atoms with van der Waals surface area (Å²) in [6.45, 7) is 0.0575. The van der Waals surface area contributed by atoms with Crippen molar-refractivity contribution in [2.45, 2.75) is 19.1 Å². The first-order valence-electron chi connectivity index (χ1n) is 8.60. The van der Waals surface area contributed by atoms with Gasteiger partial charge in [-0.15, -0.1) is 11.3 Å². The van der Waals surface area contributed by atoms with E-state index in [0.29, 0.717) is 10.2 Å². The van der Waals surface area contributed by atoms with Gasteiger partial charge in [-0.05, 0) is 23.1 Å².